The molecular weight excluding hydrogens is 597 g/mol. The number of ether oxygens (including phenoxy) is 1. The average Bonchev–Trinajstić information content (AvgIpc) is 2.94. The van der Waals surface area contributed by atoms with Crippen LogP contribution in [0.1, 0.15) is 31.9 Å². The van der Waals surface area contributed by atoms with Gasteiger partial charge in [0.05, 0.1) is 18.6 Å². The Kier molecular flexibility index (Phi) is 12.1. The minimum absolute atomic E-state index is 0.106. The van der Waals surface area contributed by atoms with E-state index >= 15 is 0 Å². The highest BCUT2D eigenvalue weighted by atomic mass is 35.5. The maximum Gasteiger partial charge on any atom is 0.244 e. The zero-order chi connectivity index (χ0) is 30.9. The van der Waals surface area contributed by atoms with Gasteiger partial charge in [-0.05, 0) is 54.8 Å². The number of carbonyl (C=O) groups is 2. The van der Waals surface area contributed by atoms with Crippen molar-refractivity contribution >= 4 is 50.7 Å². The van der Waals surface area contributed by atoms with E-state index in [-0.39, 0.29) is 30.5 Å². The summed E-state index contributed by atoms with van der Waals surface area (Å²) < 4.78 is 32.4. The molecule has 0 aliphatic heterocycles. The summed E-state index contributed by atoms with van der Waals surface area (Å²) >= 11 is 13.0. The van der Waals surface area contributed by atoms with Crippen molar-refractivity contribution in [3.05, 3.63) is 94.0 Å². The summed E-state index contributed by atoms with van der Waals surface area (Å²) in [5, 5.41) is 3.60. The van der Waals surface area contributed by atoms with Crippen LogP contribution >= 0.6 is 23.2 Å². The van der Waals surface area contributed by atoms with Gasteiger partial charge >= 0.3 is 0 Å². The van der Waals surface area contributed by atoms with E-state index in [2.05, 4.69) is 5.32 Å². The first-order valence-corrected chi connectivity index (χ1v) is 16.3. The topological polar surface area (TPSA) is 96.0 Å². The standard InChI is InChI=1S/C31H37Cl2N3O5S/c1-5-41-25-16-14-24(15-17-25)36(42(4,39)40)21-30(37)35(20-26-27(32)12-9-13-28(26)33)29(31(38)34-19-22(2)3)18-23-10-7-6-8-11-23/h6-17,22,29H,5,18-21H2,1-4H3,(H,34,38)/t29-/m1/s1. The molecule has 0 heterocycles. The fourth-order valence-corrected chi connectivity index (χ4v) is 5.69. The number of nitrogens with zero attached hydrogens (tertiary/aromatic N) is 2. The number of anilines is 1. The Morgan fingerprint density at radius 3 is 2.10 bits per heavy atom. The first-order valence-electron chi connectivity index (χ1n) is 13.6. The highest BCUT2D eigenvalue weighted by molar-refractivity contribution is 7.92. The minimum Gasteiger partial charge on any atom is -0.494 e. The molecule has 42 heavy (non-hydrogen) atoms. The van der Waals surface area contributed by atoms with Crippen LogP contribution in [0.2, 0.25) is 10.0 Å². The van der Waals surface area contributed by atoms with E-state index in [0.29, 0.717) is 34.5 Å². The molecule has 0 aliphatic rings. The molecule has 1 atom stereocenters. The summed E-state index contributed by atoms with van der Waals surface area (Å²) in [5.74, 6) is -0.211. The molecule has 0 spiro atoms. The van der Waals surface area contributed by atoms with Gasteiger partial charge in [0.25, 0.3) is 0 Å². The van der Waals surface area contributed by atoms with E-state index in [9.17, 15) is 18.0 Å². The summed E-state index contributed by atoms with van der Waals surface area (Å²) in [6.07, 6.45) is 1.23. The number of nitrogens with one attached hydrogen (secondary N) is 1. The third kappa shape index (κ3) is 9.37. The third-order valence-electron chi connectivity index (χ3n) is 6.46. The van der Waals surface area contributed by atoms with Gasteiger partial charge in [0, 0.05) is 35.1 Å². The fraction of sp³-hybridized carbons (Fsp3) is 0.355. The lowest BCUT2D eigenvalue weighted by molar-refractivity contribution is -0.140. The Bertz CT molecular complexity index is 1430. The number of amides is 2. The van der Waals surface area contributed by atoms with Crippen molar-refractivity contribution in [1.29, 1.82) is 0 Å². The number of rotatable bonds is 14. The first kappa shape index (κ1) is 33.2. The average molecular weight is 635 g/mol. The maximum atomic E-state index is 14.2. The lowest BCUT2D eigenvalue weighted by Gasteiger charge is -2.34. The number of halogens is 2. The van der Waals surface area contributed by atoms with E-state index < -0.39 is 28.5 Å². The highest BCUT2D eigenvalue weighted by Crippen LogP contribution is 2.28. The molecule has 3 aromatic rings. The third-order valence-corrected chi connectivity index (χ3v) is 8.31. The van der Waals surface area contributed by atoms with Gasteiger partial charge in [0.1, 0.15) is 18.3 Å². The second-order valence-corrected chi connectivity index (χ2v) is 13.0. The summed E-state index contributed by atoms with van der Waals surface area (Å²) in [4.78, 5) is 29.2. The number of benzene rings is 3. The maximum absolute atomic E-state index is 14.2. The van der Waals surface area contributed by atoms with Crippen LogP contribution in [0, 0.1) is 5.92 Å². The molecule has 11 heteroatoms. The van der Waals surface area contributed by atoms with Crippen LogP contribution < -0.4 is 14.4 Å². The van der Waals surface area contributed by atoms with Crippen LogP contribution in [0.25, 0.3) is 0 Å². The Morgan fingerprint density at radius 1 is 0.929 bits per heavy atom. The number of hydrogen-bond donors (Lipinski definition) is 1. The van der Waals surface area contributed by atoms with Crippen molar-refractivity contribution in [2.24, 2.45) is 5.92 Å². The van der Waals surface area contributed by atoms with Crippen molar-refractivity contribution < 1.29 is 22.7 Å². The van der Waals surface area contributed by atoms with Gasteiger partial charge in [-0.25, -0.2) is 8.42 Å². The van der Waals surface area contributed by atoms with Crippen LogP contribution in [-0.4, -0.2) is 57.1 Å². The quantitative estimate of drug-likeness (QED) is 0.250. The van der Waals surface area contributed by atoms with Crippen molar-refractivity contribution in [2.45, 2.75) is 39.8 Å². The lowest BCUT2D eigenvalue weighted by Crippen LogP contribution is -2.53. The molecule has 8 nitrogen and oxygen atoms in total. The van der Waals surface area contributed by atoms with Crippen molar-refractivity contribution in [3.63, 3.8) is 0 Å². The molecule has 0 unspecified atom stereocenters. The number of sulfonamides is 1. The molecule has 3 aromatic carbocycles. The van der Waals surface area contributed by atoms with Crippen LogP contribution in [0.3, 0.4) is 0 Å². The van der Waals surface area contributed by atoms with Gasteiger partial charge in [-0.1, -0.05) is 73.4 Å². The first-order chi connectivity index (χ1) is 19.9. The predicted octanol–water partition coefficient (Wildman–Crippen LogP) is 5.57. The van der Waals surface area contributed by atoms with Crippen molar-refractivity contribution in [2.75, 3.05) is 30.3 Å². The number of carbonyl (C=O) groups excluding carboxylic acids is 2. The van der Waals surface area contributed by atoms with Gasteiger partial charge in [-0.15, -0.1) is 0 Å². The second-order valence-electron chi connectivity index (χ2n) is 10.3. The molecule has 0 radical (unpaired) electrons. The summed E-state index contributed by atoms with van der Waals surface area (Å²) in [5.41, 5.74) is 1.57. The lowest BCUT2D eigenvalue weighted by atomic mass is 10.0. The smallest absolute Gasteiger partial charge is 0.244 e. The van der Waals surface area contributed by atoms with Gasteiger partial charge < -0.3 is 15.0 Å². The molecule has 226 valence electrons. The molecule has 2 amide bonds. The second kappa shape index (κ2) is 15.3. The minimum atomic E-state index is -3.89. The summed E-state index contributed by atoms with van der Waals surface area (Å²) in [6.45, 7) is 6.00. The molecule has 0 fully saturated rings. The Balaban J connectivity index is 2.07. The monoisotopic (exact) mass is 633 g/mol. The van der Waals surface area contributed by atoms with Gasteiger partial charge in [0.2, 0.25) is 21.8 Å². The van der Waals surface area contributed by atoms with Gasteiger partial charge in [0.15, 0.2) is 0 Å². The molecule has 0 saturated carbocycles. The van der Waals surface area contributed by atoms with E-state index in [1.807, 2.05) is 51.1 Å². The number of hydrogen-bond acceptors (Lipinski definition) is 5. The predicted molar refractivity (Wildman–Crippen MR) is 169 cm³/mol. The normalized spacial score (nSPS) is 12.1. The van der Waals surface area contributed by atoms with E-state index in [4.69, 9.17) is 27.9 Å². The SMILES string of the molecule is CCOc1ccc(N(CC(=O)N(Cc2c(Cl)cccc2Cl)[C@H](Cc2ccccc2)C(=O)NCC(C)C)S(C)(=O)=O)cc1. The fourth-order valence-electron chi connectivity index (χ4n) is 4.32. The summed E-state index contributed by atoms with van der Waals surface area (Å²) in [7, 11) is -3.89. The van der Waals surface area contributed by atoms with Crippen LogP contribution in [0.4, 0.5) is 5.69 Å². The zero-order valence-electron chi connectivity index (χ0n) is 24.2. The van der Waals surface area contributed by atoms with Crippen LogP contribution in [0.15, 0.2) is 72.8 Å². The van der Waals surface area contributed by atoms with E-state index in [1.165, 1.54) is 4.90 Å². The largest absolute Gasteiger partial charge is 0.494 e. The van der Waals surface area contributed by atoms with Crippen LogP contribution in [-0.2, 0) is 32.6 Å². The zero-order valence-corrected chi connectivity index (χ0v) is 26.5. The molecule has 0 aliphatic carbocycles. The van der Waals surface area contributed by atoms with Gasteiger partial charge in [-0.2, -0.15) is 0 Å². The van der Waals surface area contributed by atoms with Crippen LogP contribution in [0.5, 0.6) is 5.75 Å². The Morgan fingerprint density at radius 2 is 1.55 bits per heavy atom. The Hall–Kier alpha value is -3.27. The Labute approximate surface area is 258 Å². The van der Waals surface area contributed by atoms with Crippen molar-refractivity contribution in [1.82, 2.24) is 10.2 Å². The highest BCUT2D eigenvalue weighted by Gasteiger charge is 2.33. The van der Waals surface area contributed by atoms with Gasteiger partial charge in [-0.3, -0.25) is 13.9 Å². The molecule has 0 bridgehead atoms. The summed E-state index contributed by atoms with van der Waals surface area (Å²) in [6, 6.07) is 19.8. The van der Waals surface area contributed by atoms with E-state index in [0.717, 1.165) is 16.1 Å². The van der Waals surface area contributed by atoms with Crippen molar-refractivity contribution in [3.8, 4) is 5.75 Å². The molecule has 0 aromatic heterocycles. The molecular formula is C31H37Cl2N3O5S. The van der Waals surface area contributed by atoms with E-state index in [1.54, 1.807) is 42.5 Å². The molecule has 0 saturated heterocycles. The molecule has 1 N–H and O–H groups in total. The molecule has 3 rings (SSSR count).